The van der Waals surface area contributed by atoms with Crippen LogP contribution in [0.2, 0.25) is 0 Å². The number of carbonyl (C=O) groups excluding carboxylic acids is 1. The van der Waals surface area contributed by atoms with E-state index in [1.807, 2.05) is 32.0 Å². The molecule has 0 bridgehead atoms. The second-order valence-corrected chi connectivity index (χ2v) is 4.97. The van der Waals surface area contributed by atoms with Gasteiger partial charge < -0.3 is 4.74 Å². The van der Waals surface area contributed by atoms with Crippen molar-refractivity contribution in [2.24, 2.45) is 0 Å². The molecule has 0 saturated heterocycles. The summed E-state index contributed by atoms with van der Waals surface area (Å²) in [5.41, 5.74) is 4.00. The van der Waals surface area contributed by atoms with Crippen LogP contribution < -0.4 is 4.74 Å². The van der Waals surface area contributed by atoms with Gasteiger partial charge in [-0.25, -0.2) is 4.79 Å². The van der Waals surface area contributed by atoms with Crippen LogP contribution in [0.5, 0.6) is 5.75 Å². The fourth-order valence-corrected chi connectivity index (χ4v) is 2.25. The summed E-state index contributed by atoms with van der Waals surface area (Å²) < 4.78 is 5.42. The van der Waals surface area contributed by atoms with E-state index in [2.05, 4.69) is 9.97 Å². The number of esters is 1. The van der Waals surface area contributed by atoms with Crippen LogP contribution in [0.15, 0.2) is 48.8 Å². The lowest BCUT2D eigenvalue weighted by Gasteiger charge is -2.07. The van der Waals surface area contributed by atoms with Crippen molar-refractivity contribution in [3.8, 4) is 5.75 Å². The minimum atomic E-state index is -0.396. The maximum atomic E-state index is 12.2. The Morgan fingerprint density at radius 1 is 0.905 bits per heavy atom. The molecule has 104 valence electrons. The molecule has 0 radical (unpaired) electrons. The summed E-state index contributed by atoms with van der Waals surface area (Å²) in [7, 11) is 0. The van der Waals surface area contributed by atoms with Crippen molar-refractivity contribution in [3.63, 3.8) is 0 Å². The molecule has 0 spiro atoms. The summed E-state index contributed by atoms with van der Waals surface area (Å²) in [6.45, 7) is 3.94. The first-order chi connectivity index (χ1) is 10.1. The lowest BCUT2D eigenvalue weighted by Crippen LogP contribution is -2.08. The summed E-state index contributed by atoms with van der Waals surface area (Å²) in [5.74, 6) is 0.157. The van der Waals surface area contributed by atoms with E-state index >= 15 is 0 Å². The third-order valence-electron chi connectivity index (χ3n) is 3.11. The predicted octanol–water partition coefficient (Wildman–Crippen LogP) is 3.47. The van der Waals surface area contributed by atoms with Crippen LogP contribution in [0, 0.1) is 13.8 Å². The molecule has 4 nitrogen and oxygen atoms in total. The van der Waals surface area contributed by atoms with Crippen LogP contribution in [0.25, 0.3) is 11.0 Å². The molecule has 0 N–H and O–H groups in total. The number of fused-ring (bicyclic) bond motifs is 1. The molecule has 0 amide bonds. The Balaban J connectivity index is 1.89. The van der Waals surface area contributed by atoms with E-state index in [0.717, 1.165) is 16.6 Å². The molecule has 4 heteroatoms. The molecule has 0 fully saturated rings. The van der Waals surface area contributed by atoms with Crippen molar-refractivity contribution in [1.29, 1.82) is 0 Å². The van der Waals surface area contributed by atoms with Crippen molar-refractivity contribution in [2.45, 2.75) is 13.8 Å². The van der Waals surface area contributed by atoms with Gasteiger partial charge in [0.15, 0.2) is 0 Å². The lowest BCUT2D eigenvalue weighted by atomic mass is 10.1. The highest BCUT2D eigenvalue weighted by atomic mass is 16.5. The van der Waals surface area contributed by atoms with Gasteiger partial charge in [0, 0.05) is 12.4 Å². The number of ether oxygens (including phenoxy) is 1. The predicted molar refractivity (Wildman–Crippen MR) is 80.4 cm³/mol. The first-order valence-corrected chi connectivity index (χ1v) is 6.63. The Morgan fingerprint density at radius 2 is 1.57 bits per heavy atom. The summed E-state index contributed by atoms with van der Waals surface area (Å²) in [6, 6.07) is 10.9. The Kier molecular flexibility index (Phi) is 3.36. The number of aryl methyl sites for hydroxylation is 2. The average Bonchev–Trinajstić information content (AvgIpc) is 2.45. The summed E-state index contributed by atoms with van der Waals surface area (Å²) >= 11 is 0. The van der Waals surface area contributed by atoms with Crippen LogP contribution in [0.3, 0.4) is 0 Å². The fourth-order valence-electron chi connectivity index (χ4n) is 2.25. The SMILES string of the molecule is Cc1cc(C)cc(OC(=O)c2ccc3nccnc3c2)c1. The largest absolute Gasteiger partial charge is 0.423 e. The first-order valence-electron chi connectivity index (χ1n) is 6.63. The second kappa shape index (κ2) is 5.32. The highest BCUT2D eigenvalue weighted by Gasteiger charge is 2.10. The second-order valence-electron chi connectivity index (χ2n) is 4.97. The van der Waals surface area contributed by atoms with E-state index in [9.17, 15) is 4.79 Å². The van der Waals surface area contributed by atoms with E-state index in [0.29, 0.717) is 16.8 Å². The summed E-state index contributed by atoms with van der Waals surface area (Å²) in [4.78, 5) is 20.6. The van der Waals surface area contributed by atoms with Gasteiger partial charge in [0.1, 0.15) is 5.75 Å². The first kappa shape index (κ1) is 13.2. The number of rotatable bonds is 2. The third-order valence-corrected chi connectivity index (χ3v) is 3.11. The zero-order valence-electron chi connectivity index (χ0n) is 11.8. The molecular weight excluding hydrogens is 264 g/mol. The fraction of sp³-hybridized carbons (Fsp3) is 0.118. The zero-order chi connectivity index (χ0) is 14.8. The van der Waals surface area contributed by atoms with E-state index in [1.54, 1.807) is 30.6 Å². The highest BCUT2D eigenvalue weighted by Crippen LogP contribution is 2.18. The van der Waals surface area contributed by atoms with E-state index in [4.69, 9.17) is 4.74 Å². The Hall–Kier alpha value is -2.75. The summed E-state index contributed by atoms with van der Waals surface area (Å²) in [6.07, 6.45) is 3.22. The van der Waals surface area contributed by atoms with Crippen molar-refractivity contribution in [2.75, 3.05) is 0 Å². The van der Waals surface area contributed by atoms with Gasteiger partial charge in [-0.05, 0) is 55.3 Å². The molecule has 21 heavy (non-hydrogen) atoms. The number of nitrogens with zero attached hydrogens (tertiary/aromatic N) is 2. The van der Waals surface area contributed by atoms with E-state index in [-0.39, 0.29) is 0 Å². The quantitative estimate of drug-likeness (QED) is 0.532. The van der Waals surface area contributed by atoms with Crippen LogP contribution in [0.1, 0.15) is 21.5 Å². The van der Waals surface area contributed by atoms with Gasteiger partial charge >= 0.3 is 5.97 Å². The molecule has 0 aliphatic rings. The molecule has 3 aromatic rings. The smallest absolute Gasteiger partial charge is 0.343 e. The Labute approximate surface area is 122 Å². The Morgan fingerprint density at radius 3 is 2.29 bits per heavy atom. The van der Waals surface area contributed by atoms with E-state index in [1.165, 1.54) is 0 Å². The topological polar surface area (TPSA) is 52.1 Å². The molecule has 0 saturated carbocycles. The lowest BCUT2D eigenvalue weighted by molar-refractivity contribution is 0.0735. The molecule has 2 aromatic carbocycles. The van der Waals surface area contributed by atoms with Gasteiger partial charge in [-0.2, -0.15) is 0 Å². The van der Waals surface area contributed by atoms with Gasteiger partial charge in [0.05, 0.1) is 16.6 Å². The molecule has 1 aromatic heterocycles. The zero-order valence-corrected chi connectivity index (χ0v) is 11.8. The summed E-state index contributed by atoms with van der Waals surface area (Å²) in [5, 5.41) is 0. The van der Waals surface area contributed by atoms with Crippen molar-refractivity contribution >= 4 is 17.0 Å². The maximum Gasteiger partial charge on any atom is 0.343 e. The molecular formula is C17H14N2O2. The average molecular weight is 278 g/mol. The van der Waals surface area contributed by atoms with Gasteiger partial charge in [-0.1, -0.05) is 6.07 Å². The van der Waals surface area contributed by atoms with Crippen LogP contribution in [-0.4, -0.2) is 15.9 Å². The van der Waals surface area contributed by atoms with Crippen molar-refractivity contribution < 1.29 is 9.53 Å². The minimum Gasteiger partial charge on any atom is -0.423 e. The number of hydrogen-bond acceptors (Lipinski definition) is 4. The van der Waals surface area contributed by atoms with Crippen molar-refractivity contribution in [1.82, 2.24) is 9.97 Å². The van der Waals surface area contributed by atoms with Gasteiger partial charge in [0.2, 0.25) is 0 Å². The number of hydrogen-bond donors (Lipinski definition) is 0. The number of aromatic nitrogens is 2. The molecule has 0 atom stereocenters. The van der Waals surface area contributed by atoms with Crippen molar-refractivity contribution in [3.05, 3.63) is 65.5 Å². The monoisotopic (exact) mass is 278 g/mol. The molecule has 0 aliphatic heterocycles. The van der Waals surface area contributed by atoms with Gasteiger partial charge in [-0.15, -0.1) is 0 Å². The van der Waals surface area contributed by atoms with Crippen LogP contribution in [0.4, 0.5) is 0 Å². The Bertz CT molecular complexity index is 808. The van der Waals surface area contributed by atoms with Gasteiger partial charge in [0.25, 0.3) is 0 Å². The van der Waals surface area contributed by atoms with E-state index < -0.39 is 5.97 Å². The molecule has 0 unspecified atom stereocenters. The molecule has 3 rings (SSSR count). The maximum absolute atomic E-state index is 12.2. The van der Waals surface area contributed by atoms with Crippen LogP contribution in [-0.2, 0) is 0 Å². The standard InChI is InChI=1S/C17H14N2O2/c1-11-7-12(2)9-14(8-11)21-17(20)13-3-4-15-16(10-13)19-6-5-18-15/h3-10H,1-2H3. The number of carbonyl (C=O) groups is 1. The molecule has 1 heterocycles. The highest BCUT2D eigenvalue weighted by molar-refractivity contribution is 5.94. The molecule has 0 aliphatic carbocycles. The minimum absolute atomic E-state index is 0.396. The normalized spacial score (nSPS) is 10.6. The number of benzene rings is 2. The van der Waals surface area contributed by atoms with Crippen LogP contribution >= 0.6 is 0 Å². The third kappa shape index (κ3) is 2.89. The van der Waals surface area contributed by atoms with Gasteiger partial charge in [-0.3, -0.25) is 9.97 Å².